The van der Waals surface area contributed by atoms with Crippen molar-refractivity contribution in [1.82, 2.24) is 0 Å². The fraction of sp³-hybridized carbons (Fsp3) is 0. The van der Waals surface area contributed by atoms with Gasteiger partial charge in [-0.15, -0.1) is 11.3 Å². The summed E-state index contributed by atoms with van der Waals surface area (Å²) in [7, 11) is 0. The summed E-state index contributed by atoms with van der Waals surface area (Å²) in [5.41, 5.74) is 11.9. The maximum Gasteiger partial charge on any atom is 0.136 e. The Morgan fingerprint density at radius 2 is 0.750 bits per heavy atom. The van der Waals surface area contributed by atoms with Gasteiger partial charge >= 0.3 is 0 Å². The Bertz CT molecular complexity index is 4130. The van der Waals surface area contributed by atoms with Crippen molar-refractivity contribution in [3.8, 4) is 44.5 Å². The van der Waals surface area contributed by atoms with Gasteiger partial charge in [0.15, 0.2) is 0 Å². The summed E-state index contributed by atoms with van der Waals surface area (Å²) in [6.07, 6.45) is 0. The molecule has 0 bridgehead atoms. The van der Waals surface area contributed by atoms with E-state index in [-0.39, 0.29) is 0 Å². The molecule has 14 rings (SSSR count). The molecular formula is C62H36OS. The Balaban J connectivity index is 0.994. The van der Waals surface area contributed by atoms with Crippen LogP contribution in [0, 0.1) is 0 Å². The molecule has 12 aromatic carbocycles. The predicted molar refractivity (Wildman–Crippen MR) is 276 cm³/mol. The zero-order valence-corrected chi connectivity index (χ0v) is 35.4. The molecule has 0 spiro atoms. The monoisotopic (exact) mass is 828 g/mol. The number of hydrogen-bond acceptors (Lipinski definition) is 2. The maximum absolute atomic E-state index is 6.46. The van der Waals surface area contributed by atoms with E-state index in [1.165, 1.54) is 124 Å². The predicted octanol–water partition coefficient (Wildman–Crippen LogP) is 18.4. The minimum atomic E-state index is 0.908. The highest BCUT2D eigenvalue weighted by atomic mass is 32.1. The molecule has 0 atom stereocenters. The lowest BCUT2D eigenvalue weighted by Crippen LogP contribution is -1.91. The quantitative estimate of drug-likeness (QED) is 0.161. The van der Waals surface area contributed by atoms with Crippen LogP contribution in [0.15, 0.2) is 223 Å². The van der Waals surface area contributed by atoms with Gasteiger partial charge in [0, 0.05) is 36.5 Å². The molecule has 1 nitrogen and oxygen atoms in total. The van der Waals surface area contributed by atoms with Crippen molar-refractivity contribution in [2.24, 2.45) is 0 Å². The topological polar surface area (TPSA) is 13.1 Å². The van der Waals surface area contributed by atoms with Crippen LogP contribution in [0.4, 0.5) is 0 Å². The lowest BCUT2D eigenvalue weighted by Gasteiger charge is -2.18. The number of fused-ring (bicyclic) bond motifs is 12. The second kappa shape index (κ2) is 13.7. The smallest absolute Gasteiger partial charge is 0.136 e. The molecule has 296 valence electrons. The van der Waals surface area contributed by atoms with Crippen LogP contribution < -0.4 is 0 Å². The van der Waals surface area contributed by atoms with E-state index >= 15 is 0 Å². The molecular weight excluding hydrogens is 793 g/mol. The summed E-state index contributed by atoms with van der Waals surface area (Å²) in [5.74, 6) is 0. The maximum atomic E-state index is 6.46. The Labute approximate surface area is 372 Å². The molecule has 0 unspecified atom stereocenters. The Kier molecular flexibility index (Phi) is 7.63. The Hall–Kier alpha value is -8.04. The van der Waals surface area contributed by atoms with Gasteiger partial charge in [-0.05, 0) is 123 Å². The summed E-state index contributed by atoms with van der Waals surface area (Å²) in [5, 5.41) is 17.4. The lowest BCUT2D eigenvalue weighted by atomic mass is 9.85. The Morgan fingerprint density at radius 3 is 1.36 bits per heavy atom. The van der Waals surface area contributed by atoms with Crippen LogP contribution in [0.3, 0.4) is 0 Å². The van der Waals surface area contributed by atoms with Crippen LogP contribution in [0.25, 0.3) is 140 Å². The first-order chi connectivity index (χ1) is 31.8. The van der Waals surface area contributed by atoms with E-state index in [1.807, 2.05) is 11.3 Å². The standard InChI is InChI=1S/C62H36OS/c1-2-16-38(17-3-1)57-42-19-6-8-21-44(42)59(45-22-9-7-20-43(45)57)40-31-34-56-52(35-40)50-27-14-28-51(62(50)64-56)60-48-25-12-10-23-46(48)58(47-24-11-13-26-49(47)60)39-30-32-54-53(36-39)61-41-18-5-4-15-37(41)29-33-55(61)63-54/h1-36H. The molecule has 2 heterocycles. The minimum absolute atomic E-state index is 0.908. The summed E-state index contributed by atoms with van der Waals surface area (Å²) >= 11 is 1.91. The molecule has 0 amide bonds. The fourth-order valence-electron chi connectivity index (χ4n) is 10.9. The number of rotatable bonds is 4. The van der Waals surface area contributed by atoms with Crippen LogP contribution in [0.2, 0.25) is 0 Å². The van der Waals surface area contributed by atoms with E-state index in [0.717, 1.165) is 16.6 Å². The lowest BCUT2D eigenvalue weighted by molar-refractivity contribution is 0.669. The molecule has 0 aliphatic heterocycles. The summed E-state index contributed by atoms with van der Waals surface area (Å²) in [4.78, 5) is 0. The summed E-state index contributed by atoms with van der Waals surface area (Å²) < 4.78 is 9.06. The average Bonchev–Trinajstić information content (AvgIpc) is 3.93. The molecule has 0 N–H and O–H groups in total. The van der Waals surface area contributed by atoms with Gasteiger partial charge < -0.3 is 4.42 Å². The van der Waals surface area contributed by atoms with Crippen molar-refractivity contribution in [3.05, 3.63) is 218 Å². The van der Waals surface area contributed by atoms with E-state index in [9.17, 15) is 0 Å². The van der Waals surface area contributed by atoms with Crippen LogP contribution in [-0.4, -0.2) is 0 Å². The molecule has 0 aliphatic rings. The first kappa shape index (κ1) is 35.5. The van der Waals surface area contributed by atoms with Gasteiger partial charge in [0.2, 0.25) is 0 Å². The van der Waals surface area contributed by atoms with Crippen molar-refractivity contribution in [2.45, 2.75) is 0 Å². The van der Waals surface area contributed by atoms with Crippen molar-refractivity contribution in [2.75, 3.05) is 0 Å². The first-order valence-electron chi connectivity index (χ1n) is 22.0. The van der Waals surface area contributed by atoms with E-state index < -0.39 is 0 Å². The minimum Gasteiger partial charge on any atom is -0.456 e. The Morgan fingerprint density at radius 1 is 0.281 bits per heavy atom. The highest BCUT2D eigenvalue weighted by Gasteiger charge is 2.22. The first-order valence-corrected chi connectivity index (χ1v) is 22.8. The van der Waals surface area contributed by atoms with Crippen LogP contribution in [-0.2, 0) is 0 Å². The van der Waals surface area contributed by atoms with Gasteiger partial charge in [0.25, 0.3) is 0 Å². The largest absolute Gasteiger partial charge is 0.456 e. The van der Waals surface area contributed by atoms with Gasteiger partial charge in [0.1, 0.15) is 11.2 Å². The number of hydrogen-bond donors (Lipinski definition) is 0. The van der Waals surface area contributed by atoms with Crippen molar-refractivity contribution in [1.29, 1.82) is 0 Å². The fourth-order valence-corrected chi connectivity index (χ4v) is 12.1. The third-order valence-electron chi connectivity index (χ3n) is 13.6. The van der Waals surface area contributed by atoms with Gasteiger partial charge in [-0.1, -0.05) is 188 Å². The second-order valence-corrected chi connectivity index (χ2v) is 18.1. The molecule has 0 saturated heterocycles. The molecule has 0 saturated carbocycles. The van der Waals surface area contributed by atoms with Gasteiger partial charge in [-0.2, -0.15) is 0 Å². The van der Waals surface area contributed by atoms with Gasteiger partial charge in [-0.25, -0.2) is 0 Å². The van der Waals surface area contributed by atoms with Crippen molar-refractivity contribution < 1.29 is 4.42 Å². The second-order valence-electron chi connectivity index (χ2n) is 17.0. The molecule has 2 heteroatoms. The average molecular weight is 829 g/mol. The van der Waals surface area contributed by atoms with Crippen LogP contribution in [0.1, 0.15) is 0 Å². The number of benzene rings is 12. The molecule has 64 heavy (non-hydrogen) atoms. The number of furan rings is 1. The SMILES string of the molecule is c1ccc(-c2c3ccccc3c(-c3ccc4sc5c(-c6c7ccccc7c(-c7ccc8oc9ccc%10ccccc%10c9c8c7)c7ccccc67)cccc5c4c3)c3ccccc23)cc1. The highest BCUT2D eigenvalue weighted by molar-refractivity contribution is 7.26. The third-order valence-corrected chi connectivity index (χ3v) is 14.8. The molecule has 0 aliphatic carbocycles. The normalized spacial score (nSPS) is 12.1. The number of thiophene rings is 1. The zero-order chi connectivity index (χ0) is 41.9. The molecule has 0 fully saturated rings. The van der Waals surface area contributed by atoms with E-state index in [0.29, 0.717) is 0 Å². The molecule has 0 radical (unpaired) electrons. The highest BCUT2D eigenvalue weighted by Crippen LogP contribution is 2.50. The van der Waals surface area contributed by atoms with E-state index in [1.54, 1.807) is 0 Å². The van der Waals surface area contributed by atoms with E-state index in [2.05, 4.69) is 218 Å². The van der Waals surface area contributed by atoms with E-state index in [4.69, 9.17) is 4.42 Å². The zero-order valence-electron chi connectivity index (χ0n) is 34.6. The summed E-state index contributed by atoms with van der Waals surface area (Å²) in [6.45, 7) is 0. The molecule has 2 aromatic heterocycles. The van der Waals surface area contributed by atoms with Crippen LogP contribution in [0.5, 0.6) is 0 Å². The van der Waals surface area contributed by atoms with Crippen LogP contribution >= 0.6 is 11.3 Å². The third kappa shape index (κ3) is 5.12. The molecule has 14 aromatic rings. The van der Waals surface area contributed by atoms with Gasteiger partial charge in [-0.3, -0.25) is 0 Å². The van der Waals surface area contributed by atoms with Crippen molar-refractivity contribution >= 4 is 107 Å². The van der Waals surface area contributed by atoms with Gasteiger partial charge in [0.05, 0.1) is 0 Å². The summed E-state index contributed by atoms with van der Waals surface area (Å²) in [6, 6.07) is 80.5. The van der Waals surface area contributed by atoms with Crippen molar-refractivity contribution in [3.63, 3.8) is 0 Å².